The zero-order valence-corrected chi connectivity index (χ0v) is 16.1. The molecule has 0 aliphatic heterocycles. The number of carbonyl (C=O) groups is 1. The van der Waals surface area contributed by atoms with Crippen molar-refractivity contribution in [1.82, 2.24) is 14.8 Å². The Morgan fingerprint density at radius 2 is 1.86 bits per heavy atom. The number of nitrogens with zero attached hydrogens (tertiary/aromatic N) is 5. The van der Waals surface area contributed by atoms with Gasteiger partial charge in [-0.3, -0.25) is 4.79 Å². The van der Waals surface area contributed by atoms with Gasteiger partial charge in [-0.05, 0) is 60.0 Å². The molecule has 0 saturated carbocycles. The summed E-state index contributed by atoms with van der Waals surface area (Å²) in [5, 5.41) is 15.2. The molecule has 2 heterocycles. The minimum atomic E-state index is -0.395. The maximum absolute atomic E-state index is 13.3. The molecule has 0 fully saturated rings. The van der Waals surface area contributed by atoms with Crippen LogP contribution >= 0.6 is 11.3 Å². The van der Waals surface area contributed by atoms with Crippen LogP contribution in [-0.2, 0) is 0 Å². The van der Waals surface area contributed by atoms with Crippen LogP contribution in [0.2, 0.25) is 0 Å². The summed E-state index contributed by atoms with van der Waals surface area (Å²) in [7, 11) is 1.62. The number of aromatic nitrogens is 3. The number of rotatable bonds is 4. The lowest BCUT2D eigenvalue weighted by Gasteiger charge is -2.15. The van der Waals surface area contributed by atoms with Gasteiger partial charge in [0.1, 0.15) is 5.82 Å². The van der Waals surface area contributed by atoms with Crippen molar-refractivity contribution >= 4 is 22.9 Å². The molecule has 0 aliphatic rings. The van der Waals surface area contributed by atoms with Crippen LogP contribution in [0.15, 0.2) is 66.0 Å². The van der Waals surface area contributed by atoms with Crippen LogP contribution in [0.25, 0.3) is 16.4 Å². The summed E-state index contributed by atoms with van der Waals surface area (Å²) in [5.41, 5.74) is 1.72. The highest BCUT2D eigenvalue weighted by Gasteiger charge is 2.23. The summed E-state index contributed by atoms with van der Waals surface area (Å²) in [6.45, 7) is 0. The fourth-order valence-electron chi connectivity index (χ4n) is 2.76. The van der Waals surface area contributed by atoms with E-state index >= 15 is 0 Å². The Hall–Kier alpha value is -3.83. The third kappa shape index (κ3) is 3.63. The maximum Gasteiger partial charge on any atom is 0.297 e. The molecule has 6 nitrogen and oxygen atoms in total. The number of nitriles is 1. The highest BCUT2D eigenvalue weighted by molar-refractivity contribution is 7.13. The molecule has 4 rings (SSSR count). The number of amides is 1. The molecule has 2 aromatic heterocycles. The van der Waals surface area contributed by atoms with E-state index in [0.29, 0.717) is 22.8 Å². The summed E-state index contributed by atoms with van der Waals surface area (Å²) >= 11 is 1.47. The number of benzene rings is 2. The maximum atomic E-state index is 13.3. The largest absolute Gasteiger partial charge is 0.309 e. The SMILES string of the molecule is CN(C(=O)c1nc(-c2cccs2)n(-c2ccc(F)cc2)n1)c1ccc(C#N)cc1. The van der Waals surface area contributed by atoms with Crippen LogP contribution in [0, 0.1) is 17.1 Å². The molecule has 0 N–H and O–H groups in total. The van der Waals surface area contributed by atoms with Gasteiger partial charge in [-0.25, -0.2) is 14.1 Å². The molecule has 0 atom stereocenters. The van der Waals surface area contributed by atoms with Crippen molar-refractivity contribution in [2.75, 3.05) is 11.9 Å². The molecule has 0 saturated heterocycles. The van der Waals surface area contributed by atoms with E-state index in [4.69, 9.17) is 5.26 Å². The van der Waals surface area contributed by atoms with E-state index < -0.39 is 5.91 Å². The van der Waals surface area contributed by atoms with E-state index in [9.17, 15) is 9.18 Å². The molecule has 4 aromatic rings. The molecule has 0 aliphatic carbocycles. The average Bonchev–Trinajstić information content (AvgIpc) is 3.43. The highest BCUT2D eigenvalue weighted by atomic mass is 32.1. The van der Waals surface area contributed by atoms with Crippen molar-refractivity contribution in [2.45, 2.75) is 0 Å². The fourth-order valence-corrected chi connectivity index (χ4v) is 3.46. The van der Waals surface area contributed by atoms with Crippen LogP contribution in [0.1, 0.15) is 16.2 Å². The lowest BCUT2D eigenvalue weighted by Crippen LogP contribution is -2.27. The predicted octanol–water partition coefficient (Wildman–Crippen LogP) is 4.28. The summed E-state index contributed by atoms with van der Waals surface area (Å²) < 4.78 is 14.9. The summed E-state index contributed by atoms with van der Waals surface area (Å²) in [6, 6.07) is 18.3. The molecule has 142 valence electrons. The zero-order chi connectivity index (χ0) is 20.4. The lowest BCUT2D eigenvalue weighted by atomic mass is 10.2. The van der Waals surface area contributed by atoms with Crippen molar-refractivity contribution < 1.29 is 9.18 Å². The van der Waals surface area contributed by atoms with Gasteiger partial charge in [-0.15, -0.1) is 16.4 Å². The summed E-state index contributed by atoms with van der Waals surface area (Å²) in [5.74, 6) is -0.232. The van der Waals surface area contributed by atoms with Gasteiger partial charge in [0.2, 0.25) is 5.82 Å². The van der Waals surface area contributed by atoms with Gasteiger partial charge in [0.25, 0.3) is 5.91 Å². The van der Waals surface area contributed by atoms with Crippen molar-refractivity contribution in [3.63, 3.8) is 0 Å². The number of carbonyl (C=O) groups excluding carboxylic acids is 1. The summed E-state index contributed by atoms with van der Waals surface area (Å²) in [4.78, 5) is 19.7. The molecule has 0 unspecified atom stereocenters. The van der Waals surface area contributed by atoms with Gasteiger partial charge in [0.05, 0.1) is 22.2 Å². The molecular weight excluding hydrogens is 389 g/mol. The number of halogens is 1. The van der Waals surface area contributed by atoms with Crippen LogP contribution in [0.5, 0.6) is 0 Å². The standard InChI is InChI=1S/C21H14FN5OS/c1-26(16-8-4-14(13-23)5-9-16)21(28)19-24-20(18-3-2-12-29-18)27(25-19)17-10-6-15(22)7-11-17/h2-12H,1H3. The number of thiophene rings is 1. The third-order valence-corrected chi connectivity index (χ3v) is 5.17. The molecule has 0 spiro atoms. The molecule has 0 bridgehead atoms. The molecular formula is C21H14FN5OS. The van der Waals surface area contributed by atoms with E-state index in [2.05, 4.69) is 10.1 Å². The van der Waals surface area contributed by atoms with Gasteiger partial charge in [-0.2, -0.15) is 5.26 Å². The first kappa shape index (κ1) is 18.5. The second kappa shape index (κ2) is 7.66. The normalized spacial score (nSPS) is 10.5. The number of hydrogen-bond acceptors (Lipinski definition) is 5. The van der Waals surface area contributed by atoms with Crippen LogP contribution in [0.4, 0.5) is 10.1 Å². The van der Waals surface area contributed by atoms with Gasteiger partial charge < -0.3 is 4.90 Å². The highest BCUT2D eigenvalue weighted by Crippen LogP contribution is 2.26. The Labute approximate surface area is 170 Å². The van der Waals surface area contributed by atoms with Crippen molar-refractivity contribution in [1.29, 1.82) is 5.26 Å². The second-order valence-electron chi connectivity index (χ2n) is 6.15. The Morgan fingerprint density at radius 1 is 1.14 bits per heavy atom. The van der Waals surface area contributed by atoms with Crippen LogP contribution < -0.4 is 4.90 Å². The van der Waals surface area contributed by atoms with E-state index in [1.54, 1.807) is 43.4 Å². The van der Waals surface area contributed by atoms with Crippen molar-refractivity contribution in [3.8, 4) is 22.5 Å². The van der Waals surface area contributed by atoms with Crippen molar-refractivity contribution in [2.24, 2.45) is 0 Å². The van der Waals surface area contributed by atoms with E-state index in [0.717, 1.165) is 4.88 Å². The second-order valence-corrected chi connectivity index (χ2v) is 7.10. The lowest BCUT2D eigenvalue weighted by molar-refractivity contribution is 0.0983. The van der Waals surface area contributed by atoms with Crippen LogP contribution in [-0.4, -0.2) is 27.7 Å². The molecule has 0 radical (unpaired) electrons. The van der Waals surface area contributed by atoms with E-state index in [1.165, 1.54) is 33.1 Å². The molecule has 2 aromatic carbocycles. The van der Waals surface area contributed by atoms with E-state index in [-0.39, 0.29) is 11.6 Å². The number of anilines is 1. The van der Waals surface area contributed by atoms with Gasteiger partial charge in [0.15, 0.2) is 5.82 Å². The van der Waals surface area contributed by atoms with Gasteiger partial charge in [-0.1, -0.05) is 6.07 Å². The minimum Gasteiger partial charge on any atom is -0.309 e. The quantitative estimate of drug-likeness (QED) is 0.510. The van der Waals surface area contributed by atoms with Gasteiger partial charge >= 0.3 is 0 Å². The molecule has 1 amide bonds. The first-order valence-corrected chi connectivity index (χ1v) is 9.50. The van der Waals surface area contributed by atoms with Gasteiger partial charge in [0, 0.05) is 12.7 Å². The third-order valence-electron chi connectivity index (χ3n) is 4.30. The first-order chi connectivity index (χ1) is 14.1. The van der Waals surface area contributed by atoms with Crippen molar-refractivity contribution in [3.05, 3.63) is 83.2 Å². The number of hydrogen-bond donors (Lipinski definition) is 0. The predicted molar refractivity (Wildman–Crippen MR) is 109 cm³/mol. The Bertz CT molecular complexity index is 1190. The van der Waals surface area contributed by atoms with Crippen LogP contribution in [0.3, 0.4) is 0 Å². The Balaban J connectivity index is 1.73. The zero-order valence-electron chi connectivity index (χ0n) is 15.3. The average molecular weight is 403 g/mol. The topological polar surface area (TPSA) is 74.8 Å². The molecule has 8 heteroatoms. The molecule has 29 heavy (non-hydrogen) atoms. The monoisotopic (exact) mass is 403 g/mol. The fraction of sp³-hybridized carbons (Fsp3) is 0.0476. The summed E-state index contributed by atoms with van der Waals surface area (Å²) in [6.07, 6.45) is 0. The first-order valence-electron chi connectivity index (χ1n) is 8.62. The Kier molecular flexibility index (Phi) is 4.89. The smallest absolute Gasteiger partial charge is 0.297 e. The van der Waals surface area contributed by atoms with E-state index in [1.807, 2.05) is 23.6 Å². The Morgan fingerprint density at radius 3 is 2.48 bits per heavy atom. The minimum absolute atomic E-state index is 0.0181.